The Kier molecular flexibility index (Phi) is 6.80. The van der Waals surface area contributed by atoms with E-state index in [-0.39, 0.29) is 11.3 Å². The van der Waals surface area contributed by atoms with Crippen LogP contribution in [0.15, 0.2) is 36.9 Å². The lowest BCUT2D eigenvalue weighted by molar-refractivity contribution is -0.119. The van der Waals surface area contributed by atoms with Crippen molar-refractivity contribution in [2.75, 3.05) is 31.3 Å². The largest absolute Gasteiger partial charge is 0.381 e. The molecule has 0 spiro atoms. The Labute approximate surface area is 141 Å². The molecule has 1 N–H and O–H groups in total. The average molecular weight is 340 g/mol. The molecule has 1 aliphatic rings. The molecule has 1 heterocycles. The standard InChI is InChI=1S/C17H22ClNO2S/c1-2-10-22-12-16(20)19-13-17(6-8-21-9-7-17)14-4-3-5-15(18)11-14/h2-5,11H,1,6-10,12-13H2,(H,19,20). The molecule has 1 aliphatic heterocycles. The van der Waals surface area contributed by atoms with Crippen molar-refractivity contribution >= 4 is 29.3 Å². The van der Waals surface area contributed by atoms with Gasteiger partial charge in [0, 0.05) is 35.9 Å². The van der Waals surface area contributed by atoms with Crippen molar-refractivity contribution in [1.82, 2.24) is 5.32 Å². The number of rotatable bonds is 7. The van der Waals surface area contributed by atoms with Gasteiger partial charge >= 0.3 is 0 Å². The van der Waals surface area contributed by atoms with Gasteiger partial charge in [0.25, 0.3) is 0 Å². The molecule has 0 unspecified atom stereocenters. The molecule has 0 saturated carbocycles. The maximum atomic E-state index is 12.0. The number of nitrogens with one attached hydrogen (secondary N) is 1. The van der Waals surface area contributed by atoms with Gasteiger partial charge in [-0.15, -0.1) is 18.3 Å². The van der Waals surface area contributed by atoms with Gasteiger partial charge in [0.15, 0.2) is 0 Å². The molecule has 1 fully saturated rings. The van der Waals surface area contributed by atoms with Crippen LogP contribution >= 0.6 is 23.4 Å². The lowest BCUT2D eigenvalue weighted by atomic mass is 9.74. The van der Waals surface area contributed by atoms with E-state index in [2.05, 4.69) is 18.0 Å². The maximum absolute atomic E-state index is 12.0. The summed E-state index contributed by atoms with van der Waals surface area (Å²) in [5.74, 6) is 1.33. The van der Waals surface area contributed by atoms with Crippen molar-refractivity contribution in [3.63, 3.8) is 0 Å². The van der Waals surface area contributed by atoms with Crippen LogP contribution in [0.25, 0.3) is 0 Å². The molecule has 0 atom stereocenters. The topological polar surface area (TPSA) is 38.3 Å². The Morgan fingerprint density at radius 2 is 2.23 bits per heavy atom. The Bertz CT molecular complexity index is 515. The summed E-state index contributed by atoms with van der Waals surface area (Å²) in [6.07, 6.45) is 3.60. The fourth-order valence-electron chi connectivity index (χ4n) is 2.70. The Morgan fingerprint density at radius 1 is 1.45 bits per heavy atom. The van der Waals surface area contributed by atoms with Crippen LogP contribution in [0, 0.1) is 0 Å². The number of halogens is 1. The van der Waals surface area contributed by atoms with E-state index in [1.54, 1.807) is 11.8 Å². The zero-order valence-corrected chi connectivity index (χ0v) is 14.2. The average Bonchev–Trinajstić information content (AvgIpc) is 2.54. The van der Waals surface area contributed by atoms with Crippen LogP contribution in [0.1, 0.15) is 18.4 Å². The lowest BCUT2D eigenvalue weighted by Crippen LogP contribution is -2.45. The summed E-state index contributed by atoms with van der Waals surface area (Å²) in [7, 11) is 0. The Morgan fingerprint density at radius 3 is 2.91 bits per heavy atom. The molecular formula is C17H22ClNO2S. The number of hydrogen-bond acceptors (Lipinski definition) is 3. The first-order chi connectivity index (χ1) is 10.7. The van der Waals surface area contributed by atoms with E-state index in [0.29, 0.717) is 25.5 Å². The second-order valence-corrected chi connectivity index (χ2v) is 6.95. The van der Waals surface area contributed by atoms with Gasteiger partial charge in [-0.2, -0.15) is 0 Å². The summed E-state index contributed by atoms with van der Waals surface area (Å²) in [5, 5.41) is 3.81. The molecule has 1 aromatic carbocycles. The van der Waals surface area contributed by atoms with Crippen molar-refractivity contribution < 1.29 is 9.53 Å². The van der Waals surface area contributed by atoms with E-state index in [1.165, 1.54) is 5.56 Å². The number of amides is 1. The van der Waals surface area contributed by atoms with Crippen molar-refractivity contribution in [3.05, 3.63) is 47.5 Å². The molecule has 1 saturated heterocycles. The number of hydrogen-bond donors (Lipinski definition) is 1. The maximum Gasteiger partial charge on any atom is 0.230 e. The minimum absolute atomic E-state index is 0.0692. The zero-order chi connectivity index (χ0) is 15.8. The van der Waals surface area contributed by atoms with Crippen molar-refractivity contribution in [1.29, 1.82) is 0 Å². The zero-order valence-electron chi connectivity index (χ0n) is 12.6. The van der Waals surface area contributed by atoms with Crippen molar-refractivity contribution in [3.8, 4) is 0 Å². The number of benzene rings is 1. The summed E-state index contributed by atoms with van der Waals surface area (Å²) >= 11 is 7.71. The predicted molar refractivity (Wildman–Crippen MR) is 93.7 cm³/mol. The van der Waals surface area contributed by atoms with Gasteiger partial charge in [-0.1, -0.05) is 29.8 Å². The monoisotopic (exact) mass is 339 g/mol. The van der Waals surface area contributed by atoms with Crippen LogP contribution in [0.5, 0.6) is 0 Å². The molecule has 1 aromatic rings. The van der Waals surface area contributed by atoms with Crippen LogP contribution in [-0.4, -0.2) is 37.2 Å². The van der Waals surface area contributed by atoms with Crippen LogP contribution in [0.3, 0.4) is 0 Å². The third-order valence-corrected chi connectivity index (χ3v) is 5.15. The van der Waals surface area contributed by atoms with E-state index in [4.69, 9.17) is 16.3 Å². The highest BCUT2D eigenvalue weighted by molar-refractivity contribution is 8.00. The molecule has 5 heteroatoms. The molecule has 0 bridgehead atoms. The smallest absolute Gasteiger partial charge is 0.230 e. The van der Waals surface area contributed by atoms with E-state index in [0.717, 1.165) is 23.6 Å². The quantitative estimate of drug-likeness (QED) is 0.611. The summed E-state index contributed by atoms with van der Waals surface area (Å²) < 4.78 is 5.50. The Hall–Kier alpha value is -0.970. The fourth-order valence-corrected chi connectivity index (χ4v) is 3.46. The van der Waals surface area contributed by atoms with Gasteiger partial charge in [-0.25, -0.2) is 0 Å². The van der Waals surface area contributed by atoms with Gasteiger partial charge in [-0.3, -0.25) is 4.79 Å². The van der Waals surface area contributed by atoms with Crippen LogP contribution in [0.2, 0.25) is 5.02 Å². The molecule has 1 amide bonds. The van der Waals surface area contributed by atoms with E-state index >= 15 is 0 Å². The second-order valence-electron chi connectivity index (χ2n) is 5.48. The number of carbonyl (C=O) groups is 1. The molecule has 0 aromatic heterocycles. The first-order valence-corrected chi connectivity index (χ1v) is 8.99. The SMILES string of the molecule is C=CCSCC(=O)NCC1(c2cccc(Cl)c2)CCOCC1. The number of ether oxygens (including phenoxy) is 1. The molecule has 120 valence electrons. The molecule has 0 aliphatic carbocycles. The molecule has 2 rings (SSSR count). The van der Waals surface area contributed by atoms with E-state index in [9.17, 15) is 4.79 Å². The first kappa shape index (κ1) is 17.4. The van der Waals surface area contributed by atoms with Crippen LogP contribution in [0.4, 0.5) is 0 Å². The highest BCUT2D eigenvalue weighted by Gasteiger charge is 2.34. The van der Waals surface area contributed by atoms with Crippen LogP contribution in [-0.2, 0) is 14.9 Å². The van der Waals surface area contributed by atoms with Gasteiger partial charge < -0.3 is 10.1 Å². The molecule has 22 heavy (non-hydrogen) atoms. The van der Waals surface area contributed by atoms with E-state index in [1.807, 2.05) is 24.3 Å². The van der Waals surface area contributed by atoms with E-state index < -0.39 is 0 Å². The molecule has 3 nitrogen and oxygen atoms in total. The van der Waals surface area contributed by atoms with Gasteiger partial charge in [0.05, 0.1) is 5.75 Å². The first-order valence-electron chi connectivity index (χ1n) is 7.45. The van der Waals surface area contributed by atoms with Gasteiger partial charge in [0.2, 0.25) is 5.91 Å². The fraction of sp³-hybridized carbons (Fsp3) is 0.471. The minimum atomic E-state index is -0.0814. The summed E-state index contributed by atoms with van der Waals surface area (Å²) in [4.78, 5) is 12.0. The molecular weight excluding hydrogens is 318 g/mol. The van der Waals surface area contributed by atoms with Gasteiger partial charge in [0.1, 0.15) is 0 Å². The third-order valence-electron chi connectivity index (χ3n) is 3.98. The third kappa shape index (κ3) is 4.77. The summed E-state index contributed by atoms with van der Waals surface area (Å²) in [5.41, 5.74) is 1.10. The van der Waals surface area contributed by atoms with Gasteiger partial charge in [-0.05, 0) is 30.5 Å². The highest BCUT2D eigenvalue weighted by atomic mass is 35.5. The summed E-state index contributed by atoms with van der Waals surface area (Å²) in [6.45, 7) is 5.72. The highest BCUT2D eigenvalue weighted by Crippen LogP contribution is 2.35. The molecule has 0 radical (unpaired) electrons. The normalized spacial score (nSPS) is 17.0. The second kappa shape index (κ2) is 8.61. The number of carbonyl (C=O) groups excluding carboxylic acids is 1. The Balaban J connectivity index is 2.03. The lowest BCUT2D eigenvalue weighted by Gasteiger charge is -2.38. The van der Waals surface area contributed by atoms with Crippen LogP contribution < -0.4 is 5.32 Å². The van der Waals surface area contributed by atoms with Crippen molar-refractivity contribution in [2.45, 2.75) is 18.3 Å². The minimum Gasteiger partial charge on any atom is -0.381 e. The number of thioether (sulfide) groups is 1. The predicted octanol–water partition coefficient (Wildman–Crippen LogP) is 3.42. The van der Waals surface area contributed by atoms with Crippen molar-refractivity contribution in [2.24, 2.45) is 0 Å². The summed E-state index contributed by atoms with van der Waals surface area (Å²) in [6, 6.07) is 7.94.